The third-order valence-corrected chi connectivity index (χ3v) is 3.20. The number of hydrogen-bond donors (Lipinski definition) is 1. The van der Waals surface area contributed by atoms with E-state index in [9.17, 15) is 4.79 Å². The Kier molecular flexibility index (Phi) is 5.26. The maximum atomic E-state index is 11.9. The lowest BCUT2D eigenvalue weighted by Gasteiger charge is -2.08. The lowest BCUT2D eigenvalue weighted by Crippen LogP contribution is -2.08. The highest BCUT2D eigenvalue weighted by Gasteiger charge is 2.06. The number of rotatable bonds is 4. The molecule has 2 aromatic rings. The molecule has 0 aliphatic carbocycles. The molecule has 0 unspecified atom stereocenters. The summed E-state index contributed by atoms with van der Waals surface area (Å²) in [7, 11) is 1.53. The van der Waals surface area contributed by atoms with Crippen LogP contribution in [0.2, 0.25) is 10.0 Å². The van der Waals surface area contributed by atoms with Crippen LogP contribution in [0, 0.1) is 0 Å². The van der Waals surface area contributed by atoms with Crippen molar-refractivity contribution in [1.82, 2.24) is 0 Å². The number of carbonyl (C=O) groups is 1. The number of hydrogen-bond acceptors (Lipinski definition) is 2. The largest absolute Gasteiger partial charge is 0.495 e. The highest BCUT2D eigenvalue weighted by Crippen LogP contribution is 2.27. The van der Waals surface area contributed by atoms with Crippen molar-refractivity contribution >= 4 is 40.9 Å². The zero-order valence-corrected chi connectivity index (χ0v) is 12.8. The average Bonchev–Trinajstić information content (AvgIpc) is 2.47. The van der Waals surface area contributed by atoms with Crippen LogP contribution in [0.1, 0.15) is 5.56 Å². The summed E-state index contributed by atoms with van der Waals surface area (Å²) < 4.78 is 5.17. The van der Waals surface area contributed by atoms with Crippen LogP contribution in [-0.4, -0.2) is 13.0 Å². The molecule has 0 saturated heterocycles. The number of benzene rings is 2. The summed E-state index contributed by atoms with van der Waals surface area (Å²) in [5, 5.41) is 3.90. The minimum Gasteiger partial charge on any atom is -0.495 e. The maximum absolute atomic E-state index is 11.9. The SMILES string of the molecule is COc1ccc(Cl)cc1NC(=O)C=Cc1ccc(Cl)cc1. The molecule has 3 nitrogen and oxygen atoms in total. The molecule has 0 bridgehead atoms. The Balaban J connectivity index is 2.08. The van der Waals surface area contributed by atoms with Gasteiger partial charge in [0.15, 0.2) is 0 Å². The molecule has 0 atom stereocenters. The summed E-state index contributed by atoms with van der Waals surface area (Å²) in [6, 6.07) is 12.2. The summed E-state index contributed by atoms with van der Waals surface area (Å²) in [6.07, 6.45) is 3.13. The molecular formula is C16H13Cl2NO2. The van der Waals surface area contributed by atoms with E-state index in [1.54, 1.807) is 36.4 Å². The zero-order chi connectivity index (χ0) is 15.2. The third-order valence-electron chi connectivity index (χ3n) is 2.72. The summed E-state index contributed by atoms with van der Waals surface area (Å²) in [6.45, 7) is 0. The molecule has 0 spiro atoms. The van der Waals surface area contributed by atoms with Gasteiger partial charge in [0.2, 0.25) is 5.91 Å². The minimum absolute atomic E-state index is 0.273. The van der Waals surface area contributed by atoms with Crippen LogP contribution in [0.25, 0.3) is 6.08 Å². The van der Waals surface area contributed by atoms with Crippen LogP contribution in [0.15, 0.2) is 48.5 Å². The number of ether oxygens (including phenoxy) is 1. The van der Waals surface area contributed by atoms with E-state index in [1.165, 1.54) is 13.2 Å². The molecule has 1 N–H and O–H groups in total. The number of anilines is 1. The second-order valence-corrected chi connectivity index (χ2v) is 5.09. The minimum atomic E-state index is -0.273. The lowest BCUT2D eigenvalue weighted by molar-refractivity contribution is -0.111. The smallest absolute Gasteiger partial charge is 0.248 e. The van der Waals surface area contributed by atoms with Gasteiger partial charge in [-0.3, -0.25) is 4.79 Å². The van der Waals surface area contributed by atoms with Gasteiger partial charge in [0.1, 0.15) is 5.75 Å². The van der Waals surface area contributed by atoms with Gasteiger partial charge in [-0.1, -0.05) is 35.3 Å². The number of nitrogens with one attached hydrogen (secondary N) is 1. The van der Waals surface area contributed by atoms with E-state index >= 15 is 0 Å². The van der Waals surface area contributed by atoms with Crippen LogP contribution < -0.4 is 10.1 Å². The van der Waals surface area contributed by atoms with Gasteiger partial charge < -0.3 is 10.1 Å². The van der Waals surface area contributed by atoms with E-state index in [-0.39, 0.29) is 5.91 Å². The monoisotopic (exact) mass is 321 g/mol. The first-order valence-electron chi connectivity index (χ1n) is 6.16. The normalized spacial score (nSPS) is 10.6. The Labute approximate surface area is 133 Å². The molecule has 0 heterocycles. The van der Waals surface area contributed by atoms with E-state index < -0.39 is 0 Å². The summed E-state index contributed by atoms with van der Waals surface area (Å²) in [4.78, 5) is 11.9. The van der Waals surface area contributed by atoms with Crippen LogP contribution in [-0.2, 0) is 4.79 Å². The molecule has 21 heavy (non-hydrogen) atoms. The van der Waals surface area contributed by atoms with Crippen LogP contribution in [0.3, 0.4) is 0 Å². The molecule has 0 fully saturated rings. The van der Waals surface area contributed by atoms with Crippen molar-refractivity contribution in [2.75, 3.05) is 12.4 Å². The van der Waals surface area contributed by atoms with E-state index in [0.29, 0.717) is 21.5 Å². The quantitative estimate of drug-likeness (QED) is 0.832. The first-order valence-corrected chi connectivity index (χ1v) is 6.92. The molecule has 2 aromatic carbocycles. The summed E-state index contributed by atoms with van der Waals surface area (Å²) >= 11 is 11.7. The fourth-order valence-corrected chi connectivity index (χ4v) is 2.00. The molecule has 0 saturated carbocycles. The van der Waals surface area contributed by atoms with Gasteiger partial charge in [-0.15, -0.1) is 0 Å². The Morgan fingerprint density at radius 1 is 1.10 bits per heavy atom. The van der Waals surface area contributed by atoms with E-state index in [0.717, 1.165) is 5.56 Å². The standard InChI is InChI=1S/C16H13Cl2NO2/c1-21-15-8-7-13(18)10-14(15)19-16(20)9-4-11-2-5-12(17)6-3-11/h2-10H,1H3,(H,19,20). The van der Waals surface area contributed by atoms with Crippen molar-refractivity contribution in [3.05, 3.63) is 64.1 Å². The van der Waals surface area contributed by atoms with Gasteiger partial charge in [-0.05, 0) is 42.0 Å². The Morgan fingerprint density at radius 3 is 2.43 bits per heavy atom. The van der Waals surface area contributed by atoms with Gasteiger partial charge >= 0.3 is 0 Å². The predicted octanol–water partition coefficient (Wildman–Crippen LogP) is 4.65. The molecule has 0 aliphatic heterocycles. The van der Waals surface area contributed by atoms with Gasteiger partial charge in [0.05, 0.1) is 12.8 Å². The first-order chi connectivity index (χ1) is 10.1. The second-order valence-electron chi connectivity index (χ2n) is 4.22. The molecular weight excluding hydrogens is 309 g/mol. The molecule has 2 rings (SSSR count). The van der Waals surface area contributed by atoms with Gasteiger partial charge in [0.25, 0.3) is 0 Å². The molecule has 0 aromatic heterocycles. The fourth-order valence-electron chi connectivity index (χ4n) is 1.70. The van der Waals surface area contributed by atoms with Gasteiger partial charge in [-0.2, -0.15) is 0 Å². The number of amides is 1. The molecule has 0 radical (unpaired) electrons. The predicted molar refractivity (Wildman–Crippen MR) is 87.1 cm³/mol. The highest BCUT2D eigenvalue weighted by atomic mass is 35.5. The summed E-state index contributed by atoms with van der Waals surface area (Å²) in [5.41, 5.74) is 1.41. The van der Waals surface area contributed by atoms with Gasteiger partial charge in [-0.25, -0.2) is 0 Å². The topological polar surface area (TPSA) is 38.3 Å². The molecule has 0 aliphatic rings. The number of methoxy groups -OCH3 is 1. The van der Waals surface area contributed by atoms with E-state index in [2.05, 4.69) is 5.32 Å². The average molecular weight is 322 g/mol. The third kappa shape index (κ3) is 4.52. The molecule has 1 amide bonds. The fraction of sp³-hybridized carbons (Fsp3) is 0.0625. The maximum Gasteiger partial charge on any atom is 0.248 e. The zero-order valence-electron chi connectivity index (χ0n) is 11.3. The highest BCUT2D eigenvalue weighted by molar-refractivity contribution is 6.31. The summed E-state index contributed by atoms with van der Waals surface area (Å²) in [5.74, 6) is 0.276. The Bertz CT molecular complexity index is 666. The molecule has 108 valence electrons. The number of halogens is 2. The van der Waals surface area contributed by atoms with Crippen LogP contribution in [0.5, 0.6) is 5.75 Å². The van der Waals surface area contributed by atoms with E-state index in [1.807, 2.05) is 12.1 Å². The van der Waals surface area contributed by atoms with Crippen molar-refractivity contribution in [2.45, 2.75) is 0 Å². The van der Waals surface area contributed by atoms with Crippen LogP contribution >= 0.6 is 23.2 Å². The van der Waals surface area contributed by atoms with Crippen molar-refractivity contribution in [3.8, 4) is 5.75 Å². The van der Waals surface area contributed by atoms with Crippen molar-refractivity contribution < 1.29 is 9.53 Å². The molecule has 5 heteroatoms. The Hall–Kier alpha value is -1.97. The Morgan fingerprint density at radius 2 is 1.76 bits per heavy atom. The second kappa shape index (κ2) is 7.16. The first kappa shape index (κ1) is 15.4. The van der Waals surface area contributed by atoms with Crippen molar-refractivity contribution in [3.63, 3.8) is 0 Å². The number of carbonyl (C=O) groups excluding carboxylic acids is 1. The van der Waals surface area contributed by atoms with Crippen LogP contribution in [0.4, 0.5) is 5.69 Å². The lowest BCUT2D eigenvalue weighted by atomic mass is 10.2. The van der Waals surface area contributed by atoms with Crippen molar-refractivity contribution in [1.29, 1.82) is 0 Å². The van der Waals surface area contributed by atoms with Crippen molar-refractivity contribution in [2.24, 2.45) is 0 Å². The van der Waals surface area contributed by atoms with E-state index in [4.69, 9.17) is 27.9 Å². The van der Waals surface area contributed by atoms with Gasteiger partial charge in [0, 0.05) is 16.1 Å².